The van der Waals surface area contributed by atoms with Crippen LogP contribution >= 0.6 is 27.5 Å². The molecule has 0 saturated heterocycles. The standard InChI is InChI=1S/C13H11BrClF3O2/c14-7-6(9(16)11(18)8(15)10(7)17)13(12(19)20)4-2-1-3-5-13/h1-5H2,(H,19,20). The van der Waals surface area contributed by atoms with Crippen LogP contribution < -0.4 is 0 Å². The second-order valence-electron chi connectivity index (χ2n) is 4.89. The minimum atomic E-state index is -1.62. The molecule has 20 heavy (non-hydrogen) atoms. The predicted molar refractivity (Wildman–Crippen MR) is 71.4 cm³/mol. The molecule has 0 heterocycles. The summed E-state index contributed by atoms with van der Waals surface area (Å²) in [5.41, 5.74) is -2.10. The lowest BCUT2D eigenvalue weighted by Gasteiger charge is -2.34. The molecule has 0 atom stereocenters. The highest BCUT2D eigenvalue weighted by atomic mass is 79.9. The Morgan fingerprint density at radius 1 is 1.10 bits per heavy atom. The van der Waals surface area contributed by atoms with Crippen molar-refractivity contribution in [3.63, 3.8) is 0 Å². The topological polar surface area (TPSA) is 37.3 Å². The summed E-state index contributed by atoms with van der Waals surface area (Å²) in [6.07, 6.45) is 2.21. The molecule has 0 bridgehead atoms. The minimum Gasteiger partial charge on any atom is -0.481 e. The van der Waals surface area contributed by atoms with Crippen molar-refractivity contribution in [2.24, 2.45) is 0 Å². The van der Waals surface area contributed by atoms with Gasteiger partial charge in [-0.2, -0.15) is 0 Å². The third-order valence-electron chi connectivity index (χ3n) is 3.80. The Hall–Kier alpha value is -0.750. The summed E-state index contributed by atoms with van der Waals surface area (Å²) in [5, 5.41) is 8.50. The van der Waals surface area contributed by atoms with Crippen LogP contribution in [0.3, 0.4) is 0 Å². The molecule has 1 fully saturated rings. The van der Waals surface area contributed by atoms with Crippen molar-refractivity contribution >= 4 is 33.5 Å². The average molecular weight is 372 g/mol. The quantitative estimate of drug-likeness (QED) is 0.598. The lowest BCUT2D eigenvalue weighted by molar-refractivity contribution is -0.145. The number of hydrogen-bond acceptors (Lipinski definition) is 1. The molecule has 0 aromatic heterocycles. The van der Waals surface area contributed by atoms with Crippen LogP contribution in [0.4, 0.5) is 13.2 Å². The number of halogens is 5. The van der Waals surface area contributed by atoms with Gasteiger partial charge in [-0.1, -0.05) is 30.9 Å². The maximum absolute atomic E-state index is 14.2. The van der Waals surface area contributed by atoms with Gasteiger partial charge in [0.1, 0.15) is 5.02 Å². The van der Waals surface area contributed by atoms with Gasteiger partial charge in [0.25, 0.3) is 0 Å². The summed E-state index contributed by atoms with van der Waals surface area (Å²) >= 11 is 8.18. The predicted octanol–water partition coefficient (Wildman–Crippen LogP) is 4.81. The molecule has 1 N–H and O–H groups in total. The first kappa shape index (κ1) is 15.6. The van der Waals surface area contributed by atoms with E-state index in [0.717, 1.165) is 6.42 Å². The van der Waals surface area contributed by atoms with Crippen molar-refractivity contribution in [3.05, 3.63) is 32.5 Å². The molecule has 1 aliphatic rings. The molecule has 0 amide bonds. The van der Waals surface area contributed by atoms with E-state index in [1.807, 2.05) is 0 Å². The molecule has 110 valence electrons. The van der Waals surface area contributed by atoms with E-state index >= 15 is 0 Å². The van der Waals surface area contributed by atoms with E-state index in [1.54, 1.807) is 0 Å². The largest absolute Gasteiger partial charge is 0.481 e. The Labute approximate surface area is 127 Å². The number of rotatable bonds is 2. The summed E-state index contributed by atoms with van der Waals surface area (Å²) in [6, 6.07) is 0. The highest BCUT2D eigenvalue weighted by Gasteiger charge is 2.46. The van der Waals surface area contributed by atoms with E-state index in [-0.39, 0.29) is 12.8 Å². The van der Waals surface area contributed by atoms with E-state index in [0.29, 0.717) is 12.8 Å². The fraction of sp³-hybridized carbons (Fsp3) is 0.462. The molecular formula is C13H11BrClF3O2. The molecule has 2 nitrogen and oxygen atoms in total. The second-order valence-corrected chi connectivity index (χ2v) is 6.06. The molecule has 0 aliphatic heterocycles. The summed E-state index contributed by atoms with van der Waals surface area (Å²) in [6.45, 7) is 0. The summed E-state index contributed by atoms with van der Waals surface area (Å²) < 4.78 is 41.3. The average Bonchev–Trinajstić information content (AvgIpc) is 2.44. The zero-order valence-electron chi connectivity index (χ0n) is 10.3. The monoisotopic (exact) mass is 370 g/mol. The van der Waals surface area contributed by atoms with Crippen LogP contribution in [0.15, 0.2) is 4.47 Å². The van der Waals surface area contributed by atoms with Gasteiger partial charge in [-0.3, -0.25) is 4.79 Å². The maximum Gasteiger partial charge on any atom is 0.314 e. The molecule has 0 radical (unpaired) electrons. The molecule has 0 unspecified atom stereocenters. The Morgan fingerprint density at radius 3 is 2.15 bits per heavy atom. The van der Waals surface area contributed by atoms with Crippen LogP contribution in [0.25, 0.3) is 0 Å². The van der Waals surface area contributed by atoms with Crippen LogP contribution in [0.5, 0.6) is 0 Å². The lowest BCUT2D eigenvalue weighted by Crippen LogP contribution is -2.39. The van der Waals surface area contributed by atoms with Crippen molar-refractivity contribution in [2.75, 3.05) is 0 Å². The molecule has 1 aromatic rings. The van der Waals surface area contributed by atoms with E-state index in [1.165, 1.54) is 0 Å². The van der Waals surface area contributed by atoms with Gasteiger partial charge >= 0.3 is 5.97 Å². The SMILES string of the molecule is O=C(O)C1(c2c(F)c(F)c(Cl)c(F)c2Br)CCCCC1. The van der Waals surface area contributed by atoms with Gasteiger partial charge in [0.2, 0.25) is 0 Å². The normalized spacial score (nSPS) is 18.1. The fourth-order valence-corrected chi connectivity index (χ4v) is 3.79. The van der Waals surface area contributed by atoms with E-state index in [2.05, 4.69) is 15.9 Å². The Kier molecular flexibility index (Phi) is 4.35. The van der Waals surface area contributed by atoms with Gasteiger partial charge in [-0.05, 0) is 28.8 Å². The van der Waals surface area contributed by atoms with Crippen molar-refractivity contribution in [1.82, 2.24) is 0 Å². The summed E-state index contributed by atoms with van der Waals surface area (Å²) in [4.78, 5) is 11.6. The second kappa shape index (κ2) is 5.56. The molecular weight excluding hydrogens is 360 g/mol. The van der Waals surface area contributed by atoms with Gasteiger partial charge in [0.15, 0.2) is 17.5 Å². The molecule has 2 rings (SSSR count). The van der Waals surface area contributed by atoms with E-state index in [9.17, 15) is 23.1 Å². The summed E-state index contributed by atoms with van der Waals surface area (Å²) in [5.74, 6) is -5.40. The van der Waals surface area contributed by atoms with E-state index < -0.39 is 43.9 Å². The van der Waals surface area contributed by atoms with Gasteiger partial charge in [0.05, 0.1) is 9.89 Å². The maximum atomic E-state index is 14.2. The first-order valence-electron chi connectivity index (χ1n) is 6.08. The number of hydrogen-bond donors (Lipinski definition) is 1. The van der Waals surface area contributed by atoms with E-state index in [4.69, 9.17) is 11.6 Å². The Bertz CT molecular complexity index is 542. The van der Waals surface area contributed by atoms with Crippen LogP contribution in [-0.4, -0.2) is 11.1 Å². The minimum absolute atomic E-state index is 0.137. The van der Waals surface area contributed by atoms with Gasteiger partial charge < -0.3 is 5.11 Å². The van der Waals surface area contributed by atoms with Crippen LogP contribution in [0.1, 0.15) is 37.7 Å². The van der Waals surface area contributed by atoms with Crippen molar-refractivity contribution in [2.45, 2.75) is 37.5 Å². The van der Waals surface area contributed by atoms with Crippen LogP contribution in [0.2, 0.25) is 5.02 Å². The highest BCUT2D eigenvalue weighted by Crippen LogP contribution is 2.46. The lowest BCUT2D eigenvalue weighted by atomic mass is 9.69. The zero-order chi connectivity index (χ0) is 15.1. The molecule has 7 heteroatoms. The van der Waals surface area contributed by atoms with Crippen LogP contribution in [0, 0.1) is 17.5 Å². The van der Waals surface area contributed by atoms with Crippen molar-refractivity contribution < 1.29 is 23.1 Å². The van der Waals surface area contributed by atoms with Gasteiger partial charge in [-0.15, -0.1) is 0 Å². The Morgan fingerprint density at radius 2 is 1.65 bits per heavy atom. The molecule has 1 aliphatic carbocycles. The number of carbonyl (C=O) groups is 1. The third kappa shape index (κ3) is 2.22. The first-order valence-corrected chi connectivity index (χ1v) is 7.25. The summed E-state index contributed by atoms with van der Waals surface area (Å²) in [7, 11) is 0. The van der Waals surface area contributed by atoms with Crippen molar-refractivity contribution in [1.29, 1.82) is 0 Å². The molecule has 1 saturated carbocycles. The smallest absolute Gasteiger partial charge is 0.314 e. The molecule has 0 spiro atoms. The number of carboxylic acids is 1. The highest BCUT2D eigenvalue weighted by molar-refractivity contribution is 9.10. The first-order chi connectivity index (χ1) is 9.33. The number of aliphatic carboxylic acids is 1. The number of benzene rings is 1. The van der Waals surface area contributed by atoms with Gasteiger partial charge in [0, 0.05) is 5.56 Å². The third-order valence-corrected chi connectivity index (χ3v) is 4.88. The zero-order valence-corrected chi connectivity index (χ0v) is 12.6. The molecule has 1 aromatic carbocycles. The fourth-order valence-electron chi connectivity index (χ4n) is 2.75. The Balaban J connectivity index is 2.75. The number of carboxylic acid groups (broad SMARTS) is 1. The van der Waals surface area contributed by atoms with Crippen LogP contribution in [-0.2, 0) is 10.2 Å². The van der Waals surface area contributed by atoms with Gasteiger partial charge in [-0.25, -0.2) is 13.2 Å². The van der Waals surface area contributed by atoms with Crippen molar-refractivity contribution in [3.8, 4) is 0 Å².